The molecule has 0 fully saturated rings. The fourth-order valence-electron chi connectivity index (χ4n) is 6.85. The van der Waals surface area contributed by atoms with Crippen LogP contribution >= 0.6 is 0 Å². The maximum Gasteiger partial charge on any atom is -0.0396 e. The molecule has 0 aromatic carbocycles. The maximum absolute atomic E-state index is 2.31. The van der Waals surface area contributed by atoms with Crippen LogP contribution in [0.4, 0.5) is 0 Å². The van der Waals surface area contributed by atoms with E-state index in [4.69, 9.17) is 0 Å². The van der Waals surface area contributed by atoms with Gasteiger partial charge in [0.2, 0.25) is 0 Å². The van der Waals surface area contributed by atoms with Crippen molar-refractivity contribution in [3.05, 3.63) is 0 Å². The van der Waals surface area contributed by atoms with Gasteiger partial charge in [-0.1, -0.05) is 411 Å². The van der Waals surface area contributed by atoms with Gasteiger partial charge in [0.15, 0.2) is 0 Å². The second kappa shape index (κ2) is 76.0. The van der Waals surface area contributed by atoms with Crippen LogP contribution in [0, 0.1) is 166 Å². The molecule has 0 aliphatic heterocycles. The Kier molecular flexibility index (Phi) is 99.6. The van der Waals surface area contributed by atoms with E-state index in [1.165, 1.54) is 51.4 Å². The second-order valence-corrected chi connectivity index (χ2v) is 34.4. The first kappa shape index (κ1) is 115. The average molecular weight is 1260 g/mol. The molecule has 88 heavy (non-hydrogen) atoms. The predicted octanol–water partition coefficient (Wildman–Crippen LogP) is 33.2. The largest absolute Gasteiger partial charge is 0.0651 e. The second-order valence-electron chi connectivity index (χ2n) is 34.4. The van der Waals surface area contributed by atoms with Crippen molar-refractivity contribution >= 4 is 0 Å². The van der Waals surface area contributed by atoms with E-state index in [0.29, 0.717) is 0 Å². The van der Waals surface area contributed by atoms with E-state index in [1.807, 2.05) is 0 Å². The summed E-state index contributed by atoms with van der Waals surface area (Å²) < 4.78 is 0. The molecule has 0 bridgehead atoms. The highest BCUT2D eigenvalue weighted by Gasteiger charge is 2.13. The van der Waals surface area contributed by atoms with Crippen LogP contribution in [0.15, 0.2) is 0 Å². The normalized spacial score (nSPS) is 13.9. The van der Waals surface area contributed by atoms with Crippen LogP contribution < -0.4 is 0 Å². The van der Waals surface area contributed by atoms with Crippen LogP contribution in [-0.2, 0) is 0 Å². The topological polar surface area (TPSA) is 0 Å². The smallest absolute Gasteiger partial charge is 0.0396 e. The number of hydrogen-bond acceptors (Lipinski definition) is 0. The van der Waals surface area contributed by atoms with Gasteiger partial charge in [-0.3, -0.25) is 0 Å². The molecule has 0 aliphatic carbocycles. The maximum atomic E-state index is 2.31. The van der Waals surface area contributed by atoms with Gasteiger partial charge in [-0.25, -0.2) is 0 Å². The van der Waals surface area contributed by atoms with E-state index in [1.54, 1.807) is 0 Å². The molecule has 8 atom stereocenters. The van der Waals surface area contributed by atoms with E-state index < -0.39 is 0 Å². The van der Waals surface area contributed by atoms with Crippen LogP contribution in [0.5, 0.6) is 0 Å². The van der Waals surface area contributed by atoms with Crippen molar-refractivity contribution in [2.75, 3.05) is 0 Å². The third-order valence-electron chi connectivity index (χ3n) is 22.7. The van der Waals surface area contributed by atoms with E-state index in [2.05, 4.69) is 360 Å². The van der Waals surface area contributed by atoms with E-state index in [9.17, 15) is 0 Å². The molecule has 0 aromatic rings. The minimum absolute atomic E-state index is 0.843. The molecule has 0 aromatic heterocycles. The van der Waals surface area contributed by atoms with Crippen LogP contribution in [0.2, 0.25) is 0 Å². The molecule has 0 rings (SSSR count). The van der Waals surface area contributed by atoms with E-state index in [-0.39, 0.29) is 0 Å². The standard InChI is InChI=1S/4C8H18.8C7H16/c4*1-6(2)8(5)7(3)4;8*1-5-7(4)6(2)3/h4*6-8H,1-5H3;8*6-7H,5H2,1-4H3. The fraction of sp³-hybridized carbons (Fsp3) is 1.00. The van der Waals surface area contributed by atoms with Crippen molar-refractivity contribution in [1.82, 2.24) is 0 Å². The molecule has 0 aliphatic rings. The summed E-state index contributed by atoms with van der Waals surface area (Å²) in [5.41, 5.74) is 0. The summed E-state index contributed by atoms with van der Waals surface area (Å²) in [4.78, 5) is 0. The van der Waals surface area contributed by atoms with Gasteiger partial charge in [0.25, 0.3) is 0 Å². The first-order chi connectivity index (χ1) is 39.7. The van der Waals surface area contributed by atoms with Gasteiger partial charge in [-0.05, 0) is 166 Å². The van der Waals surface area contributed by atoms with E-state index >= 15 is 0 Å². The minimum atomic E-state index is 0.843. The third-order valence-corrected chi connectivity index (χ3v) is 22.7. The Labute approximate surface area is 574 Å². The number of rotatable bonds is 24. The van der Waals surface area contributed by atoms with Crippen molar-refractivity contribution in [2.45, 2.75) is 411 Å². The van der Waals surface area contributed by atoms with Gasteiger partial charge in [-0.15, -0.1) is 0 Å². The molecule has 0 spiro atoms. The molecular weight excluding hydrogens is 1060 g/mol. The third kappa shape index (κ3) is 97.1. The summed E-state index contributed by atoms with van der Waals surface area (Å²) in [5.74, 6) is 24.4. The summed E-state index contributed by atoms with van der Waals surface area (Å²) in [6.07, 6.45) is 10.5. The number of hydrogen-bond donors (Lipinski definition) is 0. The average Bonchev–Trinajstić information content (AvgIpc) is 3.45. The lowest BCUT2D eigenvalue weighted by Gasteiger charge is -2.18. The van der Waals surface area contributed by atoms with E-state index in [0.717, 1.165) is 166 Å². The Morgan fingerprint density at radius 2 is 0.159 bits per heavy atom. The van der Waals surface area contributed by atoms with Gasteiger partial charge in [-0.2, -0.15) is 0 Å². The zero-order valence-electron chi connectivity index (χ0n) is 73.8. The lowest BCUT2D eigenvalue weighted by Crippen LogP contribution is -2.10. The summed E-state index contributed by atoms with van der Waals surface area (Å²) in [7, 11) is 0. The van der Waals surface area contributed by atoms with Gasteiger partial charge >= 0.3 is 0 Å². The Morgan fingerprint density at radius 3 is 0.159 bits per heavy atom. The minimum Gasteiger partial charge on any atom is -0.0651 e. The molecule has 0 saturated heterocycles. The molecule has 0 N–H and O–H groups in total. The first-order valence-corrected chi connectivity index (χ1v) is 39.7. The fourth-order valence-corrected chi connectivity index (χ4v) is 6.85. The lowest BCUT2D eigenvalue weighted by molar-refractivity contribution is 0.316. The quantitative estimate of drug-likeness (QED) is 0.0904. The zero-order chi connectivity index (χ0) is 73.8. The van der Waals surface area contributed by atoms with Gasteiger partial charge in [0, 0.05) is 0 Å². The zero-order valence-corrected chi connectivity index (χ0v) is 73.8. The molecule has 0 saturated carbocycles. The lowest BCUT2D eigenvalue weighted by atomic mass is 9.88. The van der Waals surface area contributed by atoms with Gasteiger partial charge < -0.3 is 0 Å². The molecular formula is C88H200. The van der Waals surface area contributed by atoms with Crippen LogP contribution in [-0.4, -0.2) is 0 Å². The van der Waals surface area contributed by atoms with Crippen molar-refractivity contribution in [3.8, 4) is 0 Å². The van der Waals surface area contributed by atoms with Crippen molar-refractivity contribution in [3.63, 3.8) is 0 Å². The Hall–Kier alpha value is 0. The van der Waals surface area contributed by atoms with Crippen LogP contribution in [0.3, 0.4) is 0 Å². The highest BCUT2D eigenvalue weighted by molar-refractivity contribution is 4.63. The summed E-state index contributed by atoms with van der Waals surface area (Å²) in [5, 5.41) is 0. The molecule has 8 unspecified atom stereocenters. The molecule has 0 radical (unpaired) electrons. The predicted molar refractivity (Wildman–Crippen MR) is 430 cm³/mol. The van der Waals surface area contributed by atoms with Crippen molar-refractivity contribution < 1.29 is 0 Å². The first-order valence-electron chi connectivity index (χ1n) is 39.7. The summed E-state index contributed by atoms with van der Waals surface area (Å²) in [6.45, 7) is 118. The molecule has 0 heteroatoms. The van der Waals surface area contributed by atoms with Crippen LogP contribution in [0.25, 0.3) is 0 Å². The summed E-state index contributed by atoms with van der Waals surface area (Å²) in [6, 6.07) is 0. The molecule has 0 amide bonds. The summed E-state index contributed by atoms with van der Waals surface area (Å²) >= 11 is 0. The highest BCUT2D eigenvalue weighted by Crippen LogP contribution is 2.22. The van der Waals surface area contributed by atoms with Crippen molar-refractivity contribution in [2.24, 2.45) is 166 Å². The monoisotopic (exact) mass is 1260 g/mol. The highest BCUT2D eigenvalue weighted by atomic mass is 14.2. The Balaban J connectivity index is -0.0000000716. The Bertz CT molecular complexity index is 896. The van der Waals surface area contributed by atoms with Gasteiger partial charge in [0.1, 0.15) is 0 Å². The molecule has 0 heterocycles. The molecule has 0 nitrogen and oxygen atoms in total. The van der Waals surface area contributed by atoms with Gasteiger partial charge in [0.05, 0.1) is 0 Å². The van der Waals surface area contributed by atoms with Crippen molar-refractivity contribution in [1.29, 1.82) is 0 Å². The SMILES string of the molecule is CC(C)C(C)C(C)C.CC(C)C(C)C(C)C.CC(C)C(C)C(C)C.CC(C)C(C)C(C)C.CCC(C)C(C)C.CCC(C)C(C)C.CCC(C)C(C)C.CCC(C)C(C)C.CCC(C)C(C)C.CCC(C)C(C)C.CCC(C)C(C)C.CCC(C)C(C)C. The Morgan fingerprint density at radius 1 is 0.102 bits per heavy atom. The molecule has 552 valence electrons. The van der Waals surface area contributed by atoms with Crippen LogP contribution in [0.1, 0.15) is 411 Å².